The number of rotatable bonds is 3. The zero-order chi connectivity index (χ0) is 14.0. The second-order valence-corrected chi connectivity index (χ2v) is 5.76. The lowest BCUT2D eigenvalue weighted by molar-refractivity contribution is 0.253. The molecule has 5 nitrogen and oxygen atoms in total. The van der Waals surface area contributed by atoms with Gasteiger partial charge in [-0.3, -0.25) is 0 Å². The molecule has 3 atom stereocenters. The molecule has 1 aromatic heterocycles. The van der Waals surface area contributed by atoms with Gasteiger partial charge in [-0.1, -0.05) is 26.7 Å². The number of nitrogens with two attached hydrogens (primary N) is 1. The Hall–Kier alpha value is -1.36. The third-order valence-electron chi connectivity index (χ3n) is 4.42. The standard InChI is InChI=1S/C14H25N5/c1-8-6-5-7-12(9(8)2)18-13-10(3)14(19-15)17-11(4)16-13/h8-9,12H,5-7,15H2,1-4H3,(H2,16,17,18,19). The van der Waals surface area contributed by atoms with Crippen molar-refractivity contribution in [3.05, 3.63) is 11.4 Å². The summed E-state index contributed by atoms with van der Waals surface area (Å²) in [6.07, 6.45) is 3.82. The Morgan fingerprint density at radius 1 is 1.11 bits per heavy atom. The Morgan fingerprint density at radius 3 is 2.47 bits per heavy atom. The van der Waals surface area contributed by atoms with E-state index in [0.717, 1.165) is 23.1 Å². The van der Waals surface area contributed by atoms with Crippen LogP contribution in [-0.2, 0) is 0 Å². The average molecular weight is 263 g/mol. The van der Waals surface area contributed by atoms with Crippen LogP contribution < -0.4 is 16.6 Å². The van der Waals surface area contributed by atoms with Crippen LogP contribution >= 0.6 is 0 Å². The molecule has 1 saturated carbocycles. The fraction of sp³-hybridized carbons (Fsp3) is 0.714. The van der Waals surface area contributed by atoms with E-state index in [1.54, 1.807) is 0 Å². The van der Waals surface area contributed by atoms with Crippen molar-refractivity contribution in [2.75, 3.05) is 10.7 Å². The molecule has 0 saturated heterocycles. The predicted molar refractivity (Wildman–Crippen MR) is 78.9 cm³/mol. The number of hydrogen-bond acceptors (Lipinski definition) is 5. The number of nitrogen functional groups attached to an aromatic ring is 1. The summed E-state index contributed by atoms with van der Waals surface area (Å²) in [5.41, 5.74) is 3.63. The number of hydrazine groups is 1. The van der Waals surface area contributed by atoms with Gasteiger partial charge in [-0.2, -0.15) is 0 Å². The van der Waals surface area contributed by atoms with Gasteiger partial charge in [-0.25, -0.2) is 15.8 Å². The molecule has 1 aromatic rings. The second kappa shape index (κ2) is 5.74. The SMILES string of the molecule is Cc1nc(NN)c(C)c(NC2CCCC(C)C2C)n1. The molecule has 0 aromatic carbocycles. The summed E-state index contributed by atoms with van der Waals surface area (Å²) in [7, 11) is 0. The normalized spacial score (nSPS) is 27.1. The Bertz CT molecular complexity index is 446. The second-order valence-electron chi connectivity index (χ2n) is 5.76. The van der Waals surface area contributed by atoms with E-state index in [0.29, 0.717) is 17.8 Å². The molecule has 2 rings (SSSR count). The largest absolute Gasteiger partial charge is 0.367 e. The minimum absolute atomic E-state index is 0.488. The summed E-state index contributed by atoms with van der Waals surface area (Å²) in [6, 6.07) is 0.488. The molecule has 19 heavy (non-hydrogen) atoms. The van der Waals surface area contributed by atoms with E-state index in [-0.39, 0.29) is 0 Å². The molecule has 3 unspecified atom stereocenters. The number of nitrogens with one attached hydrogen (secondary N) is 2. The highest BCUT2D eigenvalue weighted by Crippen LogP contribution is 2.32. The van der Waals surface area contributed by atoms with Crippen molar-refractivity contribution in [3.8, 4) is 0 Å². The molecule has 5 heteroatoms. The van der Waals surface area contributed by atoms with E-state index in [4.69, 9.17) is 5.84 Å². The molecule has 0 amide bonds. The summed E-state index contributed by atoms with van der Waals surface area (Å²) in [5, 5.41) is 3.60. The van der Waals surface area contributed by atoms with Crippen LogP contribution in [0.15, 0.2) is 0 Å². The molecule has 0 aliphatic heterocycles. The summed E-state index contributed by atoms with van der Waals surface area (Å²) in [6.45, 7) is 8.54. The van der Waals surface area contributed by atoms with Crippen molar-refractivity contribution in [1.82, 2.24) is 9.97 Å². The van der Waals surface area contributed by atoms with Crippen molar-refractivity contribution in [3.63, 3.8) is 0 Å². The number of hydrogen-bond donors (Lipinski definition) is 3. The summed E-state index contributed by atoms with van der Waals surface area (Å²) in [4.78, 5) is 8.81. The number of aryl methyl sites for hydroxylation is 1. The van der Waals surface area contributed by atoms with E-state index in [9.17, 15) is 0 Å². The molecule has 1 heterocycles. The first-order chi connectivity index (χ1) is 9.02. The van der Waals surface area contributed by atoms with Crippen LogP contribution in [-0.4, -0.2) is 16.0 Å². The van der Waals surface area contributed by atoms with Gasteiger partial charge in [0.25, 0.3) is 0 Å². The first-order valence-corrected chi connectivity index (χ1v) is 7.11. The molecule has 0 spiro atoms. The highest BCUT2D eigenvalue weighted by Gasteiger charge is 2.27. The van der Waals surface area contributed by atoms with E-state index in [1.807, 2.05) is 13.8 Å². The van der Waals surface area contributed by atoms with Crippen molar-refractivity contribution < 1.29 is 0 Å². The van der Waals surface area contributed by atoms with Gasteiger partial charge in [0.05, 0.1) is 0 Å². The number of nitrogens with zero attached hydrogens (tertiary/aromatic N) is 2. The summed E-state index contributed by atoms with van der Waals surface area (Å²) >= 11 is 0. The van der Waals surface area contributed by atoms with E-state index in [2.05, 4.69) is 34.6 Å². The minimum atomic E-state index is 0.488. The van der Waals surface area contributed by atoms with Gasteiger partial charge >= 0.3 is 0 Å². The summed E-state index contributed by atoms with van der Waals surface area (Å²) < 4.78 is 0. The Morgan fingerprint density at radius 2 is 1.79 bits per heavy atom. The number of anilines is 2. The van der Waals surface area contributed by atoms with Gasteiger partial charge in [-0.05, 0) is 32.1 Å². The van der Waals surface area contributed by atoms with Gasteiger partial charge in [0.15, 0.2) is 0 Å². The number of aromatic nitrogens is 2. The lowest BCUT2D eigenvalue weighted by atomic mass is 9.78. The lowest BCUT2D eigenvalue weighted by Gasteiger charge is -2.35. The van der Waals surface area contributed by atoms with Crippen LogP contribution in [0.25, 0.3) is 0 Å². The van der Waals surface area contributed by atoms with Gasteiger partial charge in [0.2, 0.25) is 0 Å². The van der Waals surface area contributed by atoms with Gasteiger partial charge in [-0.15, -0.1) is 0 Å². The molecule has 0 bridgehead atoms. The third-order valence-corrected chi connectivity index (χ3v) is 4.42. The topological polar surface area (TPSA) is 75.9 Å². The van der Waals surface area contributed by atoms with Crippen molar-refractivity contribution in [2.45, 2.75) is 53.0 Å². The molecule has 1 fully saturated rings. The van der Waals surface area contributed by atoms with Gasteiger partial charge in [0.1, 0.15) is 17.5 Å². The van der Waals surface area contributed by atoms with Gasteiger partial charge in [0, 0.05) is 11.6 Å². The van der Waals surface area contributed by atoms with Crippen LogP contribution in [0.5, 0.6) is 0 Å². The fourth-order valence-corrected chi connectivity index (χ4v) is 2.87. The van der Waals surface area contributed by atoms with E-state index < -0.39 is 0 Å². The molecular formula is C14H25N5. The average Bonchev–Trinajstić information content (AvgIpc) is 2.38. The smallest absolute Gasteiger partial charge is 0.148 e. The van der Waals surface area contributed by atoms with Crippen LogP contribution in [0.3, 0.4) is 0 Å². The van der Waals surface area contributed by atoms with Crippen LogP contribution in [0, 0.1) is 25.7 Å². The molecule has 4 N–H and O–H groups in total. The van der Waals surface area contributed by atoms with Crippen molar-refractivity contribution in [2.24, 2.45) is 17.7 Å². The molecule has 0 radical (unpaired) electrons. The first-order valence-electron chi connectivity index (χ1n) is 7.11. The Kier molecular flexibility index (Phi) is 4.24. The van der Waals surface area contributed by atoms with Crippen LogP contribution in [0.4, 0.5) is 11.6 Å². The van der Waals surface area contributed by atoms with Gasteiger partial charge < -0.3 is 10.7 Å². The van der Waals surface area contributed by atoms with E-state index >= 15 is 0 Å². The zero-order valence-corrected chi connectivity index (χ0v) is 12.3. The molecule has 106 valence electrons. The molecular weight excluding hydrogens is 238 g/mol. The first kappa shape index (κ1) is 14.1. The quantitative estimate of drug-likeness (QED) is 0.577. The monoisotopic (exact) mass is 263 g/mol. The maximum Gasteiger partial charge on any atom is 0.148 e. The third kappa shape index (κ3) is 2.97. The zero-order valence-electron chi connectivity index (χ0n) is 12.3. The highest BCUT2D eigenvalue weighted by atomic mass is 15.3. The van der Waals surface area contributed by atoms with Crippen LogP contribution in [0.1, 0.15) is 44.5 Å². The minimum Gasteiger partial charge on any atom is -0.367 e. The maximum atomic E-state index is 5.50. The van der Waals surface area contributed by atoms with Crippen LogP contribution in [0.2, 0.25) is 0 Å². The fourth-order valence-electron chi connectivity index (χ4n) is 2.87. The highest BCUT2D eigenvalue weighted by molar-refractivity contribution is 5.57. The Labute approximate surface area is 115 Å². The van der Waals surface area contributed by atoms with E-state index in [1.165, 1.54) is 19.3 Å². The predicted octanol–water partition coefficient (Wildman–Crippen LogP) is 2.62. The van der Waals surface area contributed by atoms with Crippen molar-refractivity contribution >= 4 is 11.6 Å². The summed E-state index contributed by atoms with van der Waals surface area (Å²) in [5.74, 6) is 9.28. The maximum absolute atomic E-state index is 5.50. The molecule has 1 aliphatic rings. The van der Waals surface area contributed by atoms with Crippen molar-refractivity contribution in [1.29, 1.82) is 0 Å². The lowest BCUT2D eigenvalue weighted by Crippen LogP contribution is -2.35. The molecule has 1 aliphatic carbocycles. The Balaban J connectivity index is 2.21.